The third-order valence-corrected chi connectivity index (χ3v) is 2.76. The number of hydrogen-bond donors (Lipinski definition) is 2. The zero-order chi connectivity index (χ0) is 11.7. The third-order valence-electron chi connectivity index (χ3n) is 2.30. The number of carboxylic acid groups (broad SMARTS) is 1. The molecule has 0 aromatic heterocycles. The van der Waals surface area contributed by atoms with Gasteiger partial charge in [-0.2, -0.15) is 0 Å². The number of carbonyl (C=O) groups excluding carboxylic acids is 1. The smallest absolute Gasteiger partial charge is 0.335 e. The summed E-state index contributed by atoms with van der Waals surface area (Å²) in [7, 11) is 0. The van der Waals surface area contributed by atoms with Gasteiger partial charge in [0, 0.05) is 23.2 Å². The van der Waals surface area contributed by atoms with Gasteiger partial charge in [0.05, 0.1) is 5.56 Å². The first-order chi connectivity index (χ1) is 7.58. The lowest BCUT2D eigenvalue weighted by atomic mass is 10.2. The minimum absolute atomic E-state index is 0.157. The molecule has 2 amide bonds. The summed E-state index contributed by atoms with van der Waals surface area (Å²) in [6, 6.07) is 4.50. The van der Waals surface area contributed by atoms with Gasteiger partial charge < -0.3 is 10.4 Å². The Hall–Kier alpha value is -1.56. The number of benzene rings is 1. The van der Waals surface area contributed by atoms with Gasteiger partial charge in [-0.3, -0.25) is 4.90 Å². The number of carbonyl (C=O) groups is 2. The van der Waals surface area contributed by atoms with Crippen molar-refractivity contribution in [2.45, 2.75) is 0 Å². The van der Waals surface area contributed by atoms with Crippen molar-refractivity contribution in [1.29, 1.82) is 0 Å². The van der Waals surface area contributed by atoms with E-state index in [0.29, 0.717) is 23.2 Å². The fraction of sp³-hybridized carbons (Fsp3) is 0.200. The number of aromatic carboxylic acids is 1. The van der Waals surface area contributed by atoms with E-state index in [4.69, 9.17) is 5.11 Å². The maximum atomic E-state index is 11.4. The second-order valence-corrected chi connectivity index (χ2v) is 4.30. The van der Waals surface area contributed by atoms with Crippen LogP contribution in [-0.2, 0) is 0 Å². The molecule has 1 aromatic rings. The topological polar surface area (TPSA) is 69.6 Å². The maximum Gasteiger partial charge on any atom is 0.335 e. The van der Waals surface area contributed by atoms with Crippen molar-refractivity contribution in [3.8, 4) is 0 Å². The lowest BCUT2D eigenvalue weighted by Gasteiger charge is -2.15. The molecule has 0 bridgehead atoms. The second kappa shape index (κ2) is 4.13. The molecule has 16 heavy (non-hydrogen) atoms. The van der Waals surface area contributed by atoms with Gasteiger partial charge in [0.25, 0.3) is 0 Å². The molecule has 84 valence electrons. The zero-order valence-electron chi connectivity index (χ0n) is 8.24. The summed E-state index contributed by atoms with van der Waals surface area (Å²) in [6.07, 6.45) is 0. The van der Waals surface area contributed by atoms with Crippen LogP contribution in [0.2, 0.25) is 0 Å². The molecule has 1 aromatic carbocycles. The Morgan fingerprint density at radius 2 is 2.19 bits per heavy atom. The number of nitrogens with one attached hydrogen (secondary N) is 1. The van der Waals surface area contributed by atoms with Gasteiger partial charge in [0.2, 0.25) is 0 Å². The van der Waals surface area contributed by atoms with E-state index in [9.17, 15) is 9.59 Å². The van der Waals surface area contributed by atoms with Crippen molar-refractivity contribution in [3.05, 3.63) is 28.2 Å². The van der Waals surface area contributed by atoms with Gasteiger partial charge >= 0.3 is 12.0 Å². The van der Waals surface area contributed by atoms with E-state index in [1.165, 1.54) is 17.0 Å². The lowest BCUT2D eigenvalue weighted by Crippen LogP contribution is -2.27. The van der Waals surface area contributed by atoms with Gasteiger partial charge in [0.15, 0.2) is 0 Å². The highest BCUT2D eigenvalue weighted by molar-refractivity contribution is 9.10. The third kappa shape index (κ3) is 2.01. The predicted molar refractivity (Wildman–Crippen MR) is 61.8 cm³/mol. The molecular formula is C10H9BrN2O3. The molecule has 0 radical (unpaired) electrons. The van der Waals surface area contributed by atoms with Crippen LogP contribution in [-0.4, -0.2) is 30.2 Å². The fourth-order valence-electron chi connectivity index (χ4n) is 1.57. The Balaban J connectivity index is 2.40. The number of carboxylic acids is 1. The number of rotatable bonds is 2. The summed E-state index contributed by atoms with van der Waals surface area (Å²) in [6.45, 7) is 1.13. The molecule has 1 fully saturated rings. The SMILES string of the molecule is O=C(O)c1cc(Br)cc(N2CCNC2=O)c1. The Kier molecular flexibility index (Phi) is 2.82. The monoisotopic (exact) mass is 284 g/mol. The van der Waals surface area contributed by atoms with Crippen LogP contribution in [0, 0.1) is 0 Å². The van der Waals surface area contributed by atoms with Crippen LogP contribution < -0.4 is 10.2 Å². The van der Waals surface area contributed by atoms with E-state index >= 15 is 0 Å². The Labute approximate surface area is 100 Å². The summed E-state index contributed by atoms with van der Waals surface area (Å²) < 4.78 is 0.641. The Morgan fingerprint density at radius 3 is 2.75 bits per heavy atom. The maximum absolute atomic E-state index is 11.4. The zero-order valence-corrected chi connectivity index (χ0v) is 9.82. The molecule has 0 spiro atoms. The quantitative estimate of drug-likeness (QED) is 0.868. The summed E-state index contributed by atoms with van der Waals surface area (Å²) in [4.78, 5) is 23.8. The second-order valence-electron chi connectivity index (χ2n) is 3.39. The number of halogens is 1. The average molecular weight is 285 g/mol. The van der Waals surface area contributed by atoms with Crippen LogP contribution >= 0.6 is 15.9 Å². The molecule has 2 rings (SSSR count). The van der Waals surface area contributed by atoms with E-state index in [1.54, 1.807) is 6.07 Å². The summed E-state index contributed by atoms with van der Waals surface area (Å²) >= 11 is 3.23. The van der Waals surface area contributed by atoms with Crippen LogP contribution in [0.3, 0.4) is 0 Å². The van der Waals surface area contributed by atoms with Gasteiger partial charge in [-0.25, -0.2) is 9.59 Å². The average Bonchev–Trinajstić information content (AvgIpc) is 2.63. The van der Waals surface area contributed by atoms with Crippen LogP contribution in [0.25, 0.3) is 0 Å². The van der Waals surface area contributed by atoms with E-state index in [1.807, 2.05) is 0 Å². The van der Waals surface area contributed by atoms with E-state index < -0.39 is 5.97 Å². The molecule has 0 atom stereocenters. The van der Waals surface area contributed by atoms with Gasteiger partial charge in [-0.15, -0.1) is 0 Å². The molecule has 1 aliphatic heterocycles. The van der Waals surface area contributed by atoms with E-state index in [2.05, 4.69) is 21.2 Å². The highest BCUT2D eigenvalue weighted by Crippen LogP contribution is 2.24. The Bertz CT molecular complexity index is 461. The molecule has 1 heterocycles. The van der Waals surface area contributed by atoms with Crippen LogP contribution in [0.4, 0.5) is 10.5 Å². The number of urea groups is 1. The minimum Gasteiger partial charge on any atom is -0.478 e. The molecular weight excluding hydrogens is 276 g/mol. The summed E-state index contributed by atoms with van der Waals surface area (Å²) in [5.74, 6) is -1.01. The molecule has 6 heteroatoms. The van der Waals surface area contributed by atoms with E-state index in [0.717, 1.165) is 0 Å². The first-order valence-electron chi connectivity index (χ1n) is 4.67. The first kappa shape index (κ1) is 10.9. The number of nitrogens with zero attached hydrogens (tertiary/aromatic N) is 1. The fourth-order valence-corrected chi connectivity index (χ4v) is 2.05. The molecule has 0 unspecified atom stereocenters. The van der Waals surface area contributed by atoms with E-state index in [-0.39, 0.29) is 11.6 Å². The van der Waals surface area contributed by atoms with Crippen molar-refractivity contribution >= 4 is 33.6 Å². The molecule has 5 nitrogen and oxygen atoms in total. The van der Waals surface area contributed by atoms with Gasteiger partial charge in [-0.05, 0) is 18.2 Å². The normalized spacial score (nSPS) is 15.1. The molecule has 1 saturated heterocycles. The van der Waals surface area contributed by atoms with Crippen LogP contribution in [0.5, 0.6) is 0 Å². The van der Waals surface area contributed by atoms with Crippen molar-refractivity contribution < 1.29 is 14.7 Å². The van der Waals surface area contributed by atoms with Gasteiger partial charge in [-0.1, -0.05) is 15.9 Å². The molecule has 0 aliphatic carbocycles. The van der Waals surface area contributed by atoms with Crippen molar-refractivity contribution in [1.82, 2.24) is 5.32 Å². The van der Waals surface area contributed by atoms with Gasteiger partial charge in [0.1, 0.15) is 0 Å². The highest BCUT2D eigenvalue weighted by atomic mass is 79.9. The Morgan fingerprint density at radius 1 is 1.44 bits per heavy atom. The van der Waals surface area contributed by atoms with Crippen LogP contribution in [0.15, 0.2) is 22.7 Å². The standard InChI is InChI=1S/C10H9BrN2O3/c11-7-3-6(9(14)15)4-8(5-7)13-2-1-12-10(13)16/h3-5H,1-2H2,(H,12,16)(H,14,15). The molecule has 1 aliphatic rings. The largest absolute Gasteiger partial charge is 0.478 e. The predicted octanol–water partition coefficient (Wildman–Crippen LogP) is 1.68. The summed E-state index contributed by atoms with van der Waals surface area (Å²) in [5.41, 5.74) is 0.742. The first-order valence-corrected chi connectivity index (χ1v) is 5.46. The highest BCUT2D eigenvalue weighted by Gasteiger charge is 2.22. The van der Waals surface area contributed by atoms with Crippen LogP contribution in [0.1, 0.15) is 10.4 Å². The lowest BCUT2D eigenvalue weighted by molar-refractivity contribution is 0.0697. The summed E-state index contributed by atoms with van der Waals surface area (Å²) in [5, 5.41) is 11.6. The van der Waals surface area contributed by atoms with Crippen molar-refractivity contribution in [2.24, 2.45) is 0 Å². The molecule has 2 N–H and O–H groups in total. The minimum atomic E-state index is -1.01. The van der Waals surface area contributed by atoms with Crippen molar-refractivity contribution in [3.63, 3.8) is 0 Å². The number of hydrogen-bond acceptors (Lipinski definition) is 2. The molecule has 0 saturated carbocycles. The number of amides is 2. The number of anilines is 1. The van der Waals surface area contributed by atoms with Crippen molar-refractivity contribution in [2.75, 3.05) is 18.0 Å².